The van der Waals surface area contributed by atoms with Gasteiger partial charge in [0, 0.05) is 30.7 Å². The molecule has 1 aromatic carbocycles. The number of benzene rings is 1. The van der Waals surface area contributed by atoms with Crippen LogP contribution in [-0.2, 0) is 4.79 Å². The third-order valence-corrected chi connectivity index (χ3v) is 4.33. The highest BCUT2D eigenvalue weighted by atomic mass is 79.9. The molecular formula is C15H22BrN3O. The van der Waals surface area contributed by atoms with Gasteiger partial charge < -0.3 is 10.6 Å². The summed E-state index contributed by atoms with van der Waals surface area (Å²) in [7, 11) is 1.87. The Morgan fingerprint density at radius 2 is 1.90 bits per heavy atom. The molecule has 5 heteroatoms. The highest BCUT2D eigenvalue weighted by Crippen LogP contribution is 2.26. The molecule has 4 nitrogen and oxygen atoms in total. The van der Waals surface area contributed by atoms with Crippen molar-refractivity contribution in [2.24, 2.45) is 5.73 Å². The molecule has 20 heavy (non-hydrogen) atoms. The second kappa shape index (κ2) is 6.70. The largest absolute Gasteiger partial charge is 0.345 e. The number of carbonyl (C=O) groups excluding carboxylic acids is 1. The van der Waals surface area contributed by atoms with E-state index in [1.54, 1.807) is 4.90 Å². The molecule has 0 spiro atoms. The molecule has 2 N–H and O–H groups in total. The monoisotopic (exact) mass is 339 g/mol. The third-order valence-electron chi connectivity index (χ3n) is 3.81. The number of nitrogens with two attached hydrogens (primary N) is 1. The third kappa shape index (κ3) is 3.59. The predicted molar refractivity (Wildman–Crippen MR) is 84.4 cm³/mol. The van der Waals surface area contributed by atoms with Crippen LogP contribution in [0.25, 0.3) is 0 Å². The van der Waals surface area contributed by atoms with Crippen LogP contribution in [0.3, 0.4) is 0 Å². The van der Waals surface area contributed by atoms with Gasteiger partial charge in [0.05, 0.1) is 12.6 Å². The first kappa shape index (κ1) is 15.5. The summed E-state index contributed by atoms with van der Waals surface area (Å²) < 4.78 is 1.05. The van der Waals surface area contributed by atoms with E-state index in [4.69, 9.17) is 5.73 Å². The summed E-state index contributed by atoms with van der Waals surface area (Å²) in [4.78, 5) is 16.1. The van der Waals surface area contributed by atoms with Crippen molar-refractivity contribution >= 4 is 21.8 Å². The van der Waals surface area contributed by atoms with E-state index in [9.17, 15) is 4.79 Å². The molecule has 2 atom stereocenters. The molecule has 110 valence electrons. The van der Waals surface area contributed by atoms with Crippen molar-refractivity contribution in [3.05, 3.63) is 34.3 Å². The van der Waals surface area contributed by atoms with Crippen LogP contribution in [0.5, 0.6) is 0 Å². The van der Waals surface area contributed by atoms with Gasteiger partial charge in [0.25, 0.3) is 0 Å². The normalized spacial score (nSPS) is 20.6. The Morgan fingerprint density at radius 3 is 2.50 bits per heavy atom. The number of likely N-dealkylation sites (N-methyl/N-ethyl adjacent to an activating group) is 1. The lowest BCUT2D eigenvalue weighted by atomic mass is 9.99. The lowest BCUT2D eigenvalue weighted by molar-refractivity contribution is -0.130. The Morgan fingerprint density at radius 1 is 1.25 bits per heavy atom. The van der Waals surface area contributed by atoms with Crippen molar-refractivity contribution in [3.8, 4) is 0 Å². The zero-order valence-electron chi connectivity index (χ0n) is 12.1. The van der Waals surface area contributed by atoms with E-state index in [0.29, 0.717) is 6.54 Å². The number of amides is 1. The van der Waals surface area contributed by atoms with Crippen LogP contribution in [0.1, 0.15) is 24.9 Å². The Balaban J connectivity index is 2.24. The fraction of sp³-hybridized carbons (Fsp3) is 0.533. The molecule has 1 fully saturated rings. The molecule has 1 aliphatic heterocycles. The summed E-state index contributed by atoms with van der Waals surface area (Å²) in [5.41, 5.74) is 7.36. The van der Waals surface area contributed by atoms with Crippen molar-refractivity contribution in [2.45, 2.75) is 25.4 Å². The molecule has 2 rings (SSSR count). The van der Waals surface area contributed by atoms with Gasteiger partial charge in [-0.25, -0.2) is 0 Å². The van der Waals surface area contributed by atoms with Gasteiger partial charge in [0.1, 0.15) is 0 Å². The highest BCUT2D eigenvalue weighted by Gasteiger charge is 2.28. The minimum atomic E-state index is -0.0209. The minimum absolute atomic E-state index is 0.0209. The molecule has 0 bridgehead atoms. The number of hydrogen-bond donors (Lipinski definition) is 1. The Kier molecular flexibility index (Phi) is 5.18. The fourth-order valence-corrected chi connectivity index (χ4v) is 3.02. The maximum Gasteiger partial charge on any atom is 0.236 e. The van der Waals surface area contributed by atoms with Crippen molar-refractivity contribution < 1.29 is 4.79 Å². The van der Waals surface area contributed by atoms with Crippen LogP contribution in [0.4, 0.5) is 0 Å². The number of halogens is 1. The Bertz CT molecular complexity index is 461. The van der Waals surface area contributed by atoms with Crippen LogP contribution in [-0.4, -0.2) is 48.4 Å². The molecule has 0 saturated carbocycles. The maximum atomic E-state index is 12.1. The standard InChI is InChI=1S/C15H22BrN3O/c1-11(17)15(12-4-6-13(16)7-5-12)19-9-3-8-18(2)14(20)10-19/h4-7,11,15H,3,8-10,17H2,1-2H3. The predicted octanol–water partition coefficient (Wildman–Crippen LogP) is 2.00. The van der Waals surface area contributed by atoms with Gasteiger partial charge in [-0.3, -0.25) is 9.69 Å². The summed E-state index contributed by atoms with van der Waals surface area (Å²) in [6.07, 6.45) is 0.988. The zero-order chi connectivity index (χ0) is 14.7. The van der Waals surface area contributed by atoms with Gasteiger partial charge in [-0.05, 0) is 31.0 Å². The van der Waals surface area contributed by atoms with Crippen molar-refractivity contribution in [1.29, 1.82) is 0 Å². The van der Waals surface area contributed by atoms with E-state index in [-0.39, 0.29) is 18.0 Å². The molecule has 1 aromatic rings. The lowest BCUT2D eigenvalue weighted by Gasteiger charge is -2.33. The van der Waals surface area contributed by atoms with Crippen LogP contribution in [0.15, 0.2) is 28.7 Å². The average Bonchev–Trinajstić information content (AvgIpc) is 2.55. The topological polar surface area (TPSA) is 49.6 Å². The summed E-state index contributed by atoms with van der Waals surface area (Å²) in [6, 6.07) is 8.27. The minimum Gasteiger partial charge on any atom is -0.345 e. The summed E-state index contributed by atoms with van der Waals surface area (Å²) in [6.45, 7) is 4.17. The van der Waals surface area contributed by atoms with E-state index in [1.807, 2.05) is 26.1 Å². The quantitative estimate of drug-likeness (QED) is 0.916. The molecule has 1 aliphatic rings. The first-order valence-electron chi connectivity index (χ1n) is 6.98. The molecule has 1 amide bonds. The SMILES string of the molecule is CC(N)C(c1ccc(Br)cc1)N1CCCN(C)C(=O)C1. The molecule has 0 radical (unpaired) electrons. The zero-order valence-corrected chi connectivity index (χ0v) is 13.6. The van der Waals surface area contributed by atoms with Gasteiger partial charge in [-0.1, -0.05) is 28.1 Å². The van der Waals surface area contributed by atoms with Gasteiger partial charge in [0.2, 0.25) is 5.91 Å². The van der Waals surface area contributed by atoms with Crippen LogP contribution in [0, 0.1) is 0 Å². The van der Waals surface area contributed by atoms with Gasteiger partial charge in [0.15, 0.2) is 0 Å². The van der Waals surface area contributed by atoms with Gasteiger partial charge in [-0.2, -0.15) is 0 Å². The summed E-state index contributed by atoms with van der Waals surface area (Å²) in [5.74, 6) is 0.172. The molecule has 0 aliphatic carbocycles. The van der Waals surface area contributed by atoms with Crippen LogP contribution in [0.2, 0.25) is 0 Å². The molecule has 0 aromatic heterocycles. The van der Waals surface area contributed by atoms with Crippen LogP contribution >= 0.6 is 15.9 Å². The summed E-state index contributed by atoms with van der Waals surface area (Å²) in [5, 5.41) is 0. The smallest absolute Gasteiger partial charge is 0.236 e. The fourth-order valence-electron chi connectivity index (χ4n) is 2.75. The number of carbonyl (C=O) groups is 1. The second-order valence-corrected chi connectivity index (χ2v) is 6.41. The molecule has 1 saturated heterocycles. The van der Waals surface area contributed by atoms with Crippen LogP contribution < -0.4 is 5.73 Å². The lowest BCUT2D eigenvalue weighted by Crippen LogP contribution is -2.43. The van der Waals surface area contributed by atoms with E-state index in [2.05, 4.69) is 33.0 Å². The Hall–Kier alpha value is -0.910. The second-order valence-electron chi connectivity index (χ2n) is 5.49. The number of nitrogens with zero attached hydrogens (tertiary/aromatic N) is 2. The summed E-state index contributed by atoms with van der Waals surface area (Å²) >= 11 is 3.45. The van der Waals surface area contributed by atoms with E-state index >= 15 is 0 Å². The maximum absolute atomic E-state index is 12.1. The number of hydrogen-bond acceptors (Lipinski definition) is 3. The van der Waals surface area contributed by atoms with Gasteiger partial charge in [-0.15, -0.1) is 0 Å². The first-order valence-corrected chi connectivity index (χ1v) is 7.77. The van der Waals surface area contributed by atoms with E-state index in [1.165, 1.54) is 5.56 Å². The van der Waals surface area contributed by atoms with Crippen molar-refractivity contribution in [3.63, 3.8) is 0 Å². The average molecular weight is 340 g/mol. The number of rotatable bonds is 3. The molecule has 1 heterocycles. The highest BCUT2D eigenvalue weighted by molar-refractivity contribution is 9.10. The van der Waals surface area contributed by atoms with Gasteiger partial charge >= 0.3 is 0 Å². The van der Waals surface area contributed by atoms with Crippen molar-refractivity contribution in [1.82, 2.24) is 9.80 Å². The molecular weight excluding hydrogens is 318 g/mol. The van der Waals surface area contributed by atoms with E-state index in [0.717, 1.165) is 24.0 Å². The Labute approximate surface area is 129 Å². The van der Waals surface area contributed by atoms with E-state index < -0.39 is 0 Å². The first-order chi connectivity index (χ1) is 9.49. The molecule has 2 unspecified atom stereocenters. The van der Waals surface area contributed by atoms with Crippen molar-refractivity contribution in [2.75, 3.05) is 26.7 Å².